The fourth-order valence-electron chi connectivity index (χ4n) is 1.49. The molecule has 110 valence electrons. The van der Waals surface area contributed by atoms with Crippen LogP contribution in [-0.4, -0.2) is 24.6 Å². The summed E-state index contributed by atoms with van der Waals surface area (Å²) in [7, 11) is 0. The van der Waals surface area contributed by atoms with Crippen LogP contribution in [0.2, 0.25) is 5.02 Å². The number of halogens is 2. The number of nitro groups is 1. The number of hydrogen-bond donors (Lipinski definition) is 1. The van der Waals surface area contributed by atoms with Gasteiger partial charge >= 0.3 is 5.69 Å². The molecule has 0 aliphatic rings. The molecule has 0 atom stereocenters. The number of hydrogen-bond acceptors (Lipinski definition) is 4. The van der Waals surface area contributed by atoms with E-state index < -0.39 is 4.92 Å². The Labute approximate surface area is 131 Å². The van der Waals surface area contributed by atoms with Gasteiger partial charge < -0.3 is 10.1 Å². The summed E-state index contributed by atoms with van der Waals surface area (Å²) in [6, 6.07) is 2.82. The lowest BCUT2D eigenvalue weighted by Crippen LogP contribution is -2.20. The van der Waals surface area contributed by atoms with Gasteiger partial charge in [0.1, 0.15) is 6.61 Å². The third kappa shape index (κ3) is 5.11. The Kier molecular flexibility index (Phi) is 6.98. The number of benzene rings is 1. The van der Waals surface area contributed by atoms with E-state index in [0.717, 1.165) is 18.5 Å². The molecule has 0 saturated carbocycles. The Morgan fingerprint density at radius 3 is 2.90 bits per heavy atom. The van der Waals surface area contributed by atoms with E-state index in [9.17, 15) is 10.1 Å². The van der Waals surface area contributed by atoms with E-state index in [-0.39, 0.29) is 23.1 Å². The van der Waals surface area contributed by atoms with Gasteiger partial charge in [0.25, 0.3) is 0 Å². The van der Waals surface area contributed by atoms with Gasteiger partial charge in [-0.1, -0.05) is 25.1 Å². The first-order valence-electron chi connectivity index (χ1n) is 6.09. The molecule has 5 nitrogen and oxygen atoms in total. The molecule has 0 radical (unpaired) electrons. The molecule has 0 aliphatic carbocycles. The Hall–Kier alpha value is -1.11. The van der Waals surface area contributed by atoms with E-state index in [0.29, 0.717) is 11.0 Å². The SMILES string of the molecule is C=C(CNCCC)COc1c(Br)cc(Cl)cc1[N+](=O)[O-]. The maximum absolute atomic E-state index is 11.0. The molecule has 0 spiro atoms. The second kappa shape index (κ2) is 8.24. The molecule has 1 N–H and O–H groups in total. The van der Waals surface area contributed by atoms with Gasteiger partial charge in [0.15, 0.2) is 0 Å². The predicted molar refractivity (Wildman–Crippen MR) is 83.6 cm³/mol. The van der Waals surface area contributed by atoms with Gasteiger partial charge in [-0.2, -0.15) is 0 Å². The number of rotatable bonds is 8. The standard InChI is InChI=1S/C13H16BrClN2O3/c1-3-4-16-7-9(2)8-20-13-11(14)5-10(15)6-12(13)17(18)19/h5-6,16H,2-4,7-8H2,1H3. The summed E-state index contributed by atoms with van der Waals surface area (Å²) >= 11 is 9.02. The number of nitrogens with one attached hydrogen (secondary N) is 1. The van der Waals surface area contributed by atoms with Crippen LogP contribution in [-0.2, 0) is 0 Å². The van der Waals surface area contributed by atoms with Crippen LogP contribution >= 0.6 is 27.5 Å². The number of ether oxygens (including phenoxy) is 1. The van der Waals surface area contributed by atoms with Gasteiger partial charge in [-0.05, 0) is 40.5 Å². The van der Waals surface area contributed by atoms with Gasteiger partial charge in [-0.15, -0.1) is 0 Å². The molecular weight excluding hydrogens is 348 g/mol. The van der Waals surface area contributed by atoms with Crippen LogP contribution in [0.4, 0.5) is 5.69 Å². The highest BCUT2D eigenvalue weighted by Crippen LogP contribution is 2.38. The lowest BCUT2D eigenvalue weighted by molar-refractivity contribution is -0.385. The van der Waals surface area contributed by atoms with Crippen molar-refractivity contribution in [3.05, 3.63) is 43.9 Å². The molecule has 1 rings (SSSR count). The van der Waals surface area contributed by atoms with E-state index in [2.05, 4.69) is 34.7 Å². The van der Waals surface area contributed by atoms with Crippen LogP contribution in [0.25, 0.3) is 0 Å². The first-order chi connectivity index (χ1) is 9.45. The number of nitro benzene ring substituents is 1. The molecule has 0 saturated heterocycles. The molecule has 0 aliphatic heterocycles. The fourth-order valence-corrected chi connectivity index (χ4v) is 2.40. The predicted octanol–water partition coefficient (Wildman–Crippen LogP) is 3.95. The van der Waals surface area contributed by atoms with Crippen LogP contribution in [0.5, 0.6) is 5.75 Å². The smallest absolute Gasteiger partial charge is 0.313 e. The third-order valence-electron chi connectivity index (χ3n) is 2.41. The maximum atomic E-state index is 11.0. The van der Waals surface area contributed by atoms with Gasteiger partial charge in [0, 0.05) is 17.6 Å². The van der Waals surface area contributed by atoms with Crippen molar-refractivity contribution in [1.82, 2.24) is 5.32 Å². The molecule has 7 heteroatoms. The van der Waals surface area contributed by atoms with Crippen molar-refractivity contribution in [2.24, 2.45) is 0 Å². The molecule has 0 unspecified atom stereocenters. The van der Waals surface area contributed by atoms with Gasteiger partial charge in [-0.3, -0.25) is 10.1 Å². The second-order valence-electron chi connectivity index (χ2n) is 4.21. The number of nitrogens with zero attached hydrogens (tertiary/aromatic N) is 1. The highest BCUT2D eigenvalue weighted by Gasteiger charge is 2.20. The first kappa shape index (κ1) is 16.9. The highest BCUT2D eigenvalue weighted by atomic mass is 79.9. The Morgan fingerprint density at radius 1 is 1.60 bits per heavy atom. The van der Waals surface area contributed by atoms with Crippen molar-refractivity contribution in [3.8, 4) is 5.75 Å². The summed E-state index contributed by atoms with van der Waals surface area (Å²) < 4.78 is 5.94. The van der Waals surface area contributed by atoms with Crippen LogP contribution in [0, 0.1) is 10.1 Å². The minimum atomic E-state index is -0.524. The largest absolute Gasteiger partial charge is 0.481 e. The Bertz CT molecular complexity index is 509. The van der Waals surface area contributed by atoms with Gasteiger partial charge in [0.05, 0.1) is 9.40 Å². The summed E-state index contributed by atoms with van der Waals surface area (Å²) in [5.41, 5.74) is 0.647. The van der Waals surface area contributed by atoms with E-state index >= 15 is 0 Å². The minimum absolute atomic E-state index is 0.163. The average molecular weight is 364 g/mol. The van der Waals surface area contributed by atoms with Crippen molar-refractivity contribution in [3.63, 3.8) is 0 Å². The van der Waals surface area contributed by atoms with E-state index in [1.54, 1.807) is 6.07 Å². The summed E-state index contributed by atoms with van der Waals surface area (Å²) in [6.45, 7) is 7.65. The third-order valence-corrected chi connectivity index (χ3v) is 3.22. The van der Waals surface area contributed by atoms with Crippen LogP contribution in [0.15, 0.2) is 28.8 Å². The normalized spacial score (nSPS) is 10.3. The lowest BCUT2D eigenvalue weighted by atomic mass is 10.3. The molecule has 0 bridgehead atoms. The Balaban J connectivity index is 2.72. The van der Waals surface area contributed by atoms with Crippen LogP contribution < -0.4 is 10.1 Å². The highest BCUT2D eigenvalue weighted by molar-refractivity contribution is 9.10. The molecule has 0 fully saturated rings. The Morgan fingerprint density at radius 2 is 2.30 bits per heavy atom. The first-order valence-corrected chi connectivity index (χ1v) is 7.26. The van der Waals surface area contributed by atoms with Crippen LogP contribution in [0.3, 0.4) is 0 Å². The van der Waals surface area contributed by atoms with Gasteiger partial charge in [0.2, 0.25) is 5.75 Å². The summed E-state index contributed by atoms with van der Waals surface area (Å²) in [6.07, 6.45) is 1.03. The van der Waals surface area contributed by atoms with Crippen molar-refractivity contribution < 1.29 is 9.66 Å². The molecule has 0 amide bonds. The zero-order valence-electron chi connectivity index (χ0n) is 11.1. The average Bonchev–Trinajstić information content (AvgIpc) is 2.37. The van der Waals surface area contributed by atoms with Gasteiger partial charge in [-0.25, -0.2) is 0 Å². The minimum Gasteiger partial charge on any atom is -0.481 e. The molecule has 1 aromatic carbocycles. The van der Waals surface area contributed by atoms with Crippen molar-refractivity contribution in [2.45, 2.75) is 13.3 Å². The monoisotopic (exact) mass is 362 g/mol. The van der Waals surface area contributed by atoms with E-state index in [1.807, 2.05) is 0 Å². The quantitative estimate of drug-likeness (QED) is 0.329. The molecule has 20 heavy (non-hydrogen) atoms. The molecule has 0 aromatic heterocycles. The lowest BCUT2D eigenvalue weighted by Gasteiger charge is -2.11. The van der Waals surface area contributed by atoms with Crippen molar-refractivity contribution in [2.75, 3.05) is 19.7 Å². The fraction of sp³-hybridized carbons (Fsp3) is 0.385. The summed E-state index contributed by atoms with van der Waals surface area (Å²) in [4.78, 5) is 10.5. The zero-order chi connectivity index (χ0) is 15.1. The summed E-state index contributed by atoms with van der Waals surface area (Å²) in [5, 5.41) is 14.5. The van der Waals surface area contributed by atoms with Crippen molar-refractivity contribution >= 4 is 33.2 Å². The topological polar surface area (TPSA) is 64.4 Å². The van der Waals surface area contributed by atoms with Crippen LogP contribution in [0.1, 0.15) is 13.3 Å². The van der Waals surface area contributed by atoms with E-state index in [1.165, 1.54) is 6.07 Å². The summed E-state index contributed by atoms with van der Waals surface area (Å²) in [5.74, 6) is 0.163. The van der Waals surface area contributed by atoms with Crippen molar-refractivity contribution in [1.29, 1.82) is 0 Å². The molecule has 1 aromatic rings. The zero-order valence-corrected chi connectivity index (χ0v) is 13.5. The van der Waals surface area contributed by atoms with E-state index in [4.69, 9.17) is 16.3 Å². The molecule has 0 heterocycles. The molecular formula is C13H16BrClN2O3. The second-order valence-corrected chi connectivity index (χ2v) is 5.50. The maximum Gasteiger partial charge on any atom is 0.313 e.